The van der Waals surface area contributed by atoms with Crippen LogP contribution in [0.2, 0.25) is 0 Å². The van der Waals surface area contributed by atoms with Crippen LogP contribution >= 0.6 is 0 Å². The van der Waals surface area contributed by atoms with Crippen LogP contribution in [0.3, 0.4) is 0 Å². The van der Waals surface area contributed by atoms with E-state index in [0.29, 0.717) is 0 Å². The van der Waals surface area contributed by atoms with E-state index in [-0.39, 0.29) is 39.8 Å². The number of hydrogen-bond acceptors (Lipinski definition) is 1. The summed E-state index contributed by atoms with van der Waals surface area (Å²) in [6.07, 6.45) is 0. The van der Waals surface area contributed by atoms with Gasteiger partial charge in [-0.05, 0) is 0 Å². The standard InChI is InChI=1S/CHN.Li.Rh.H/c1-2;;;/h1H;;;/q;+1;;-1. The van der Waals surface area contributed by atoms with Crippen molar-refractivity contribution in [3.63, 3.8) is 0 Å². The second kappa shape index (κ2) is 54.0. The van der Waals surface area contributed by atoms with Crippen LogP contribution in [0.25, 0.3) is 0 Å². The van der Waals surface area contributed by atoms with Gasteiger partial charge in [0.1, 0.15) is 0 Å². The molecular weight excluding hydrogens is 136 g/mol. The Labute approximate surface area is 51.8 Å². The predicted molar refractivity (Wildman–Crippen MR) is 7.78 cm³/mol. The molecule has 0 amide bonds. The summed E-state index contributed by atoms with van der Waals surface area (Å²) in [6, 6.07) is 0. The van der Waals surface area contributed by atoms with Crippen molar-refractivity contribution in [1.82, 2.24) is 0 Å². The SMILES string of the molecule is C#N.[H-].[Li+].[Rh]. The van der Waals surface area contributed by atoms with Crippen LogP contribution < -0.4 is 18.9 Å². The minimum Gasteiger partial charge on any atom is -1.00 e. The molecule has 21 valence electrons. The van der Waals surface area contributed by atoms with Crippen LogP contribution in [0.1, 0.15) is 1.43 Å². The summed E-state index contributed by atoms with van der Waals surface area (Å²) < 4.78 is 0. The van der Waals surface area contributed by atoms with Crippen LogP contribution in [0.4, 0.5) is 0 Å². The molecule has 0 atom stereocenters. The van der Waals surface area contributed by atoms with E-state index in [0.717, 1.165) is 0 Å². The Kier molecular flexibility index (Phi) is 299. The van der Waals surface area contributed by atoms with Crippen LogP contribution in [0.15, 0.2) is 0 Å². The maximum Gasteiger partial charge on any atom is 1.00 e. The minimum atomic E-state index is 0. The molecule has 0 aromatic carbocycles. The van der Waals surface area contributed by atoms with Gasteiger partial charge < -0.3 is 1.43 Å². The van der Waals surface area contributed by atoms with Crippen LogP contribution in [-0.2, 0) is 19.5 Å². The molecule has 0 aliphatic rings. The maximum atomic E-state index is 6.50. The summed E-state index contributed by atoms with van der Waals surface area (Å²) in [5.41, 5.74) is 0. The molecule has 0 aliphatic heterocycles. The molecule has 1 nitrogen and oxygen atoms in total. The molecule has 0 spiro atoms. The number of hydrogen-bond donors (Lipinski definition) is 0. The summed E-state index contributed by atoms with van der Waals surface area (Å²) in [4.78, 5) is 0. The fourth-order valence-electron chi connectivity index (χ4n) is 0. The Balaban J connectivity index is -0.00000000167. The van der Waals surface area contributed by atoms with Crippen molar-refractivity contribution in [3.8, 4) is 6.57 Å². The number of nitriles is 1. The Morgan fingerprint density at radius 3 is 1.50 bits per heavy atom. The molecule has 0 rings (SSSR count). The Hall–Kier alpha value is 0.711. The molecule has 0 aromatic heterocycles. The smallest absolute Gasteiger partial charge is 1.00 e. The van der Waals surface area contributed by atoms with E-state index in [4.69, 9.17) is 5.26 Å². The van der Waals surface area contributed by atoms with Gasteiger partial charge in [-0.2, -0.15) is 0 Å². The van der Waals surface area contributed by atoms with E-state index in [9.17, 15) is 0 Å². The fourth-order valence-corrected chi connectivity index (χ4v) is 0. The van der Waals surface area contributed by atoms with E-state index in [1.165, 1.54) is 0 Å². The third-order valence-electron chi connectivity index (χ3n) is 0. The van der Waals surface area contributed by atoms with Gasteiger partial charge in [0, 0.05) is 26.1 Å². The molecule has 0 heterocycles. The van der Waals surface area contributed by atoms with E-state index in [2.05, 4.69) is 6.57 Å². The van der Waals surface area contributed by atoms with Gasteiger partial charge in [-0.1, -0.05) is 0 Å². The summed E-state index contributed by atoms with van der Waals surface area (Å²) in [5.74, 6) is 0. The molecule has 1 radical (unpaired) electrons. The van der Waals surface area contributed by atoms with Crippen molar-refractivity contribution in [1.29, 1.82) is 5.26 Å². The molecule has 0 unspecified atom stereocenters. The van der Waals surface area contributed by atoms with Crippen LogP contribution in [-0.4, -0.2) is 0 Å². The third-order valence-corrected chi connectivity index (χ3v) is 0. The Bertz CT molecular complexity index is 16.4. The minimum absolute atomic E-state index is 0. The molecule has 0 bridgehead atoms. The molecule has 0 saturated carbocycles. The normalized spacial score (nSPS) is 0.500. The molecule has 4 heavy (non-hydrogen) atoms. The monoisotopic (exact) mass is 138 g/mol. The molecule has 0 fully saturated rings. The van der Waals surface area contributed by atoms with Gasteiger partial charge in [-0.15, -0.1) is 0 Å². The van der Waals surface area contributed by atoms with Crippen molar-refractivity contribution in [2.24, 2.45) is 0 Å². The van der Waals surface area contributed by atoms with E-state index >= 15 is 0 Å². The quantitative estimate of drug-likeness (QED) is 0.333. The third kappa shape index (κ3) is 15.7. The second-order valence-electron chi connectivity index (χ2n) is 0. The Morgan fingerprint density at radius 2 is 1.50 bits per heavy atom. The van der Waals surface area contributed by atoms with Gasteiger partial charge in [-0.3, -0.25) is 0 Å². The molecular formula is CH2LiNRh. The van der Waals surface area contributed by atoms with Gasteiger partial charge >= 0.3 is 18.9 Å². The fraction of sp³-hybridized carbons (Fsp3) is 0. The van der Waals surface area contributed by atoms with Crippen molar-refractivity contribution in [2.45, 2.75) is 0 Å². The van der Waals surface area contributed by atoms with Crippen molar-refractivity contribution in [3.05, 3.63) is 0 Å². The summed E-state index contributed by atoms with van der Waals surface area (Å²) in [7, 11) is 0. The summed E-state index contributed by atoms with van der Waals surface area (Å²) in [6.45, 7) is 3.50. The number of nitrogens with zero attached hydrogens (tertiary/aromatic N) is 1. The first-order valence-corrected chi connectivity index (χ1v) is 0.258. The van der Waals surface area contributed by atoms with Crippen LogP contribution in [0.5, 0.6) is 0 Å². The zero-order chi connectivity index (χ0) is 2.00. The summed E-state index contributed by atoms with van der Waals surface area (Å²) in [5, 5.41) is 6.50. The van der Waals surface area contributed by atoms with Gasteiger partial charge in [0.2, 0.25) is 0 Å². The van der Waals surface area contributed by atoms with E-state index in [1.54, 1.807) is 0 Å². The molecule has 0 aromatic rings. The predicted octanol–water partition coefficient (Wildman–Crippen LogP) is -2.75. The van der Waals surface area contributed by atoms with Gasteiger partial charge in [0.15, 0.2) is 0 Å². The van der Waals surface area contributed by atoms with Crippen molar-refractivity contribution >= 4 is 0 Å². The second-order valence-corrected chi connectivity index (χ2v) is 0. The van der Waals surface area contributed by atoms with Gasteiger partial charge in [0.25, 0.3) is 0 Å². The maximum absolute atomic E-state index is 6.50. The van der Waals surface area contributed by atoms with Crippen molar-refractivity contribution in [2.75, 3.05) is 0 Å². The molecule has 0 aliphatic carbocycles. The zero-order valence-corrected chi connectivity index (χ0v) is 4.00. The van der Waals surface area contributed by atoms with Crippen LogP contribution in [0, 0.1) is 11.8 Å². The van der Waals surface area contributed by atoms with Crippen molar-refractivity contribution < 1.29 is 39.8 Å². The van der Waals surface area contributed by atoms with Gasteiger partial charge in [-0.25, -0.2) is 5.26 Å². The topological polar surface area (TPSA) is 23.8 Å². The van der Waals surface area contributed by atoms with E-state index in [1.807, 2.05) is 0 Å². The largest absolute Gasteiger partial charge is 1.00 e. The first-order chi connectivity index (χ1) is 1.00. The van der Waals surface area contributed by atoms with Gasteiger partial charge in [0.05, 0.1) is 0 Å². The average molecular weight is 138 g/mol. The Morgan fingerprint density at radius 1 is 1.50 bits per heavy atom. The zero-order valence-electron chi connectivity index (χ0n) is 3.36. The first kappa shape index (κ1) is 22.2. The molecule has 0 saturated heterocycles. The first-order valence-electron chi connectivity index (χ1n) is 0.258. The average Bonchev–Trinajstić information content (AvgIpc) is 1.00. The van der Waals surface area contributed by atoms with E-state index < -0.39 is 0 Å². The summed E-state index contributed by atoms with van der Waals surface area (Å²) >= 11 is 0. The molecule has 0 N–H and O–H groups in total. The molecule has 3 heteroatoms. The number of rotatable bonds is 0.